The van der Waals surface area contributed by atoms with Gasteiger partial charge >= 0.3 is 0 Å². The summed E-state index contributed by atoms with van der Waals surface area (Å²) in [6.07, 6.45) is 2.61. The number of furan rings is 1. The molecule has 1 aromatic heterocycles. The molecule has 0 fully saturated rings. The first-order chi connectivity index (χ1) is 15.2. The third-order valence-corrected chi connectivity index (χ3v) is 5.36. The second-order valence-corrected chi connectivity index (χ2v) is 7.75. The van der Waals surface area contributed by atoms with Crippen LogP contribution < -0.4 is 15.4 Å². The number of aryl methyl sites for hydroxylation is 1. The molecule has 0 radical (unpaired) electrons. The number of aliphatic imine (C=N–C) groups is 1. The Morgan fingerprint density at radius 3 is 2.90 bits per heavy atom. The smallest absolute Gasteiger partial charge is 0.191 e. The van der Waals surface area contributed by atoms with Crippen molar-refractivity contribution in [2.45, 2.75) is 31.9 Å². The lowest BCUT2D eigenvalue weighted by Gasteiger charge is -2.28. The standard InChI is InChI=1S/C25H29N3O3/c1-18-6-4-7-19(16-18)23(29)17-27-25(26-13-11-20-8-5-14-30-20)28-22-12-15-31-24-10-3-2-9-21(22)24/h2-10,14,16,22-23,29H,11-13,15,17H2,1H3,(H2,26,27,28). The normalized spacial score (nSPS) is 16.8. The van der Waals surface area contributed by atoms with Gasteiger partial charge in [-0.1, -0.05) is 48.0 Å². The van der Waals surface area contributed by atoms with Crippen LogP contribution >= 0.6 is 0 Å². The third kappa shape index (κ3) is 5.67. The number of hydrogen-bond acceptors (Lipinski definition) is 4. The SMILES string of the molecule is Cc1cccc(C(O)CN=C(NCCc2ccco2)NC2CCOc3ccccc32)c1. The van der Waals surface area contributed by atoms with E-state index < -0.39 is 6.10 Å². The molecule has 2 aromatic carbocycles. The Labute approximate surface area is 183 Å². The van der Waals surface area contributed by atoms with Gasteiger partial charge < -0.3 is 24.9 Å². The number of fused-ring (bicyclic) bond motifs is 1. The van der Waals surface area contributed by atoms with Crippen LogP contribution in [0, 0.1) is 6.92 Å². The van der Waals surface area contributed by atoms with Crippen LogP contribution in [0.25, 0.3) is 0 Å². The topological polar surface area (TPSA) is 79.0 Å². The highest BCUT2D eigenvalue weighted by molar-refractivity contribution is 5.80. The molecule has 2 heterocycles. The van der Waals surface area contributed by atoms with E-state index in [0.717, 1.165) is 41.0 Å². The lowest BCUT2D eigenvalue weighted by molar-refractivity contribution is 0.187. The lowest BCUT2D eigenvalue weighted by atomic mass is 10.0. The first kappa shape index (κ1) is 21.0. The first-order valence-electron chi connectivity index (χ1n) is 10.7. The minimum absolute atomic E-state index is 0.0934. The zero-order valence-corrected chi connectivity index (χ0v) is 17.8. The van der Waals surface area contributed by atoms with Crippen LogP contribution in [-0.4, -0.2) is 30.8 Å². The summed E-state index contributed by atoms with van der Waals surface area (Å²) >= 11 is 0. The van der Waals surface area contributed by atoms with Crippen LogP contribution in [0.5, 0.6) is 5.75 Å². The summed E-state index contributed by atoms with van der Waals surface area (Å²) < 4.78 is 11.2. The number of aliphatic hydroxyl groups excluding tert-OH is 1. The quantitative estimate of drug-likeness (QED) is 0.400. The number of nitrogens with one attached hydrogen (secondary N) is 2. The second kappa shape index (κ2) is 10.2. The third-order valence-electron chi connectivity index (χ3n) is 5.36. The zero-order valence-electron chi connectivity index (χ0n) is 17.8. The van der Waals surface area contributed by atoms with Crippen molar-refractivity contribution in [1.29, 1.82) is 0 Å². The molecule has 162 valence electrons. The molecule has 2 atom stereocenters. The number of ether oxygens (including phenoxy) is 1. The summed E-state index contributed by atoms with van der Waals surface area (Å²) in [7, 11) is 0. The maximum absolute atomic E-state index is 10.6. The highest BCUT2D eigenvalue weighted by atomic mass is 16.5. The lowest BCUT2D eigenvalue weighted by Crippen LogP contribution is -2.42. The van der Waals surface area contributed by atoms with E-state index >= 15 is 0 Å². The van der Waals surface area contributed by atoms with Crippen LogP contribution in [0.4, 0.5) is 0 Å². The van der Waals surface area contributed by atoms with Crippen molar-refractivity contribution < 1.29 is 14.3 Å². The van der Waals surface area contributed by atoms with Gasteiger partial charge in [0.25, 0.3) is 0 Å². The van der Waals surface area contributed by atoms with E-state index in [1.807, 2.05) is 61.5 Å². The van der Waals surface area contributed by atoms with Gasteiger partial charge in [-0.2, -0.15) is 0 Å². The summed E-state index contributed by atoms with van der Waals surface area (Å²) in [5.74, 6) is 2.49. The van der Waals surface area contributed by atoms with E-state index in [1.165, 1.54) is 0 Å². The van der Waals surface area contributed by atoms with Crippen LogP contribution in [0.3, 0.4) is 0 Å². The molecule has 0 aliphatic carbocycles. The van der Waals surface area contributed by atoms with Crippen LogP contribution in [0.15, 0.2) is 76.3 Å². The molecule has 2 unspecified atom stereocenters. The van der Waals surface area contributed by atoms with Gasteiger partial charge in [-0.3, -0.25) is 4.99 Å². The van der Waals surface area contributed by atoms with E-state index in [-0.39, 0.29) is 12.6 Å². The molecule has 6 heteroatoms. The van der Waals surface area contributed by atoms with E-state index in [9.17, 15) is 5.11 Å². The zero-order chi connectivity index (χ0) is 21.5. The average molecular weight is 420 g/mol. The Kier molecular flexibility index (Phi) is 6.89. The fourth-order valence-electron chi connectivity index (χ4n) is 3.73. The van der Waals surface area contributed by atoms with E-state index in [4.69, 9.17) is 9.15 Å². The molecule has 1 aliphatic heterocycles. The van der Waals surface area contributed by atoms with Gasteiger partial charge in [0.15, 0.2) is 5.96 Å². The number of hydrogen-bond donors (Lipinski definition) is 3. The molecule has 0 saturated heterocycles. The molecule has 0 spiro atoms. The maximum atomic E-state index is 10.6. The molecule has 0 saturated carbocycles. The van der Waals surface area contributed by atoms with Crippen molar-refractivity contribution in [2.24, 2.45) is 4.99 Å². The summed E-state index contributed by atoms with van der Waals surface area (Å²) in [5, 5.41) is 17.5. The monoisotopic (exact) mass is 419 g/mol. The summed E-state index contributed by atoms with van der Waals surface area (Å²) in [4.78, 5) is 4.69. The van der Waals surface area contributed by atoms with Crippen molar-refractivity contribution in [3.05, 3.63) is 89.4 Å². The number of rotatable bonds is 7. The van der Waals surface area contributed by atoms with Crippen molar-refractivity contribution in [3.63, 3.8) is 0 Å². The minimum Gasteiger partial charge on any atom is -0.493 e. The molecule has 3 aromatic rings. The Hall–Kier alpha value is -3.25. The van der Waals surface area contributed by atoms with Gasteiger partial charge in [-0.05, 0) is 30.7 Å². The highest BCUT2D eigenvalue weighted by Crippen LogP contribution is 2.31. The highest BCUT2D eigenvalue weighted by Gasteiger charge is 2.22. The first-order valence-corrected chi connectivity index (χ1v) is 10.7. The van der Waals surface area contributed by atoms with Crippen LogP contribution in [0.2, 0.25) is 0 Å². The molecule has 0 amide bonds. The fraction of sp³-hybridized carbons (Fsp3) is 0.320. The number of guanidine groups is 1. The van der Waals surface area contributed by atoms with Crippen molar-refractivity contribution >= 4 is 5.96 Å². The van der Waals surface area contributed by atoms with E-state index in [0.29, 0.717) is 19.1 Å². The van der Waals surface area contributed by atoms with Crippen LogP contribution in [-0.2, 0) is 6.42 Å². The molecule has 31 heavy (non-hydrogen) atoms. The number of nitrogens with zero attached hydrogens (tertiary/aromatic N) is 1. The summed E-state index contributed by atoms with van der Waals surface area (Å²) in [5.41, 5.74) is 3.11. The minimum atomic E-state index is -0.662. The van der Waals surface area contributed by atoms with Crippen LogP contribution in [0.1, 0.15) is 41.0 Å². The predicted molar refractivity (Wildman–Crippen MR) is 121 cm³/mol. The number of para-hydroxylation sites is 1. The van der Waals surface area contributed by atoms with Crippen molar-refractivity contribution in [1.82, 2.24) is 10.6 Å². The predicted octanol–water partition coefficient (Wildman–Crippen LogP) is 3.92. The Bertz CT molecular complexity index is 1000. The molecular formula is C25H29N3O3. The van der Waals surface area contributed by atoms with E-state index in [2.05, 4.69) is 21.7 Å². The molecule has 1 aliphatic rings. The summed E-state index contributed by atoms with van der Waals surface area (Å²) in [6, 6.07) is 19.9. The summed E-state index contributed by atoms with van der Waals surface area (Å²) in [6.45, 7) is 3.61. The van der Waals surface area contributed by atoms with Gasteiger partial charge in [0.2, 0.25) is 0 Å². The Morgan fingerprint density at radius 1 is 1.16 bits per heavy atom. The molecule has 3 N–H and O–H groups in total. The van der Waals surface area contributed by atoms with Gasteiger partial charge in [0, 0.05) is 24.9 Å². The number of benzene rings is 2. The van der Waals surface area contributed by atoms with Gasteiger partial charge in [-0.15, -0.1) is 0 Å². The molecule has 4 rings (SSSR count). The van der Waals surface area contributed by atoms with E-state index in [1.54, 1.807) is 6.26 Å². The second-order valence-electron chi connectivity index (χ2n) is 7.75. The van der Waals surface area contributed by atoms with Gasteiger partial charge in [-0.25, -0.2) is 0 Å². The molecule has 0 bridgehead atoms. The van der Waals surface area contributed by atoms with Crippen molar-refractivity contribution in [3.8, 4) is 5.75 Å². The maximum Gasteiger partial charge on any atom is 0.191 e. The molecule has 6 nitrogen and oxygen atoms in total. The van der Waals surface area contributed by atoms with Gasteiger partial charge in [0.05, 0.1) is 31.6 Å². The Morgan fingerprint density at radius 2 is 2.06 bits per heavy atom. The largest absolute Gasteiger partial charge is 0.493 e. The fourth-order valence-corrected chi connectivity index (χ4v) is 3.73. The molecular weight excluding hydrogens is 390 g/mol. The Balaban J connectivity index is 1.46. The van der Waals surface area contributed by atoms with Gasteiger partial charge in [0.1, 0.15) is 11.5 Å². The average Bonchev–Trinajstić information content (AvgIpc) is 3.31. The number of aliphatic hydroxyl groups is 1. The van der Waals surface area contributed by atoms with Crippen molar-refractivity contribution in [2.75, 3.05) is 19.7 Å².